The van der Waals surface area contributed by atoms with E-state index in [4.69, 9.17) is 9.52 Å². The van der Waals surface area contributed by atoms with Crippen molar-refractivity contribution in [2.45, 2.75) is 6.92 Å². The smallest absolute Gasteiger partial charge is 0.371 e. The number of carbonyl (C=O) groups is 2. The van der Waals surface area contributed by atoms with Crippen LogP contribution in [0.5, 0.6) is 0 Å². The van der Waals surface area contributed by atoms with E-state index in [0.717, 1.165) is 5.57 Å². The Bertz CT molecular complexity index is 405. The van der Waals surface area contributed by atoms with E-state index in [0.29, 0.717) is 6.54 Å². The van der Waals surface area contributed by atoms with Gasteiger partial charge in [-0.3, -0.25) is 4.79 Å². The van der Waals surface area contributed by atoms with Gasteiger partial charge in [-0.15, -0.1) is 0 Å². The first-order chi connectivity index (χ1) is 7.00. The van der Waals surface area contributed by atoms with Gasteiger partial charge < -0.3 is 14.8 Å². The number of hydrogen-bond acceptors (Lipinski definition) is 3. The van der Waals surface area contributed by atoms with Gasteiger partial charge in [-0.2, -0.15) is 0 Å². The molecule has 0 radical (unpaired) electrons. The van der Waals surface area contributed by atoms with E-state index >= 15 is 0 Å². The molecule has 0 aliphatic heterocycles. The molecule has 1 rings (SSSR count). The van der Waals surface area contributed by atoms with Crippen molar-refractivity contribution in [2.24, 2.45) is 0 Å². The molecular weight excluding hydrogens is 198 g/mol. The lowest BCUT2D eigenvalue weighted by Gasteiger charge is -2.00. The zero-order valence-electron chi connectivity index (χ0n) is 8.24. The molecule has 0 aliphatic carbocycles. The van der Waals surface area contributed by atoms with Crippen molar-refractivity contribution in [2.75, 3.05) is 6.54 Å². The summed E-state index contributed by atoms with van der Waals surface area (Å²) in [6, 6.07) is 2.55. The molecule has 1 aromatic heterocycles. The SMILES string of the molecule is C=C(C)CNC(=O)c1ccc(C(=O)O)o1. The fourth-order valence-electron chi connectivity index (χ4n) is 0.893. The Hall–Kier alpha value is -2.04. The van der Waals surface area contributed by atoms with E-state index in [1.54, 1.807) is 6.92 Å². The first-order valence-electron chi connectivity index (χ1n) is 4.26. The number of carboxylic acids is 1. The van der Waals surface area contributed by atoms with Gasteiger partial charge in [0.05, 0.1) is 0 Å². The number of amides is 1. The van der Waals surface area contributed by atoms with Crippen LogP contribution in [0.1, 0.15) is 28.0 Å². The molecule has 15 heavy (non-hydrogen) atoms. The van der Waals surface area contributed by atoms with Crippen LogP contribution in [0.15, 0.2) is 28.7 Å². The van der Waals surface area contributed by atoms with E-state index in [1.807, 2.05) is 0 Å². The van der Waals surface area contributed by atoms with E-state index in [-0.39, 0.29) is 11.5 Å². The topological polar surface area (TPSA) is 79.5 Å². The average Bonchev–Trinajstić information content (AvgIpc) is 2.62. The molecule has 0 spiro atoms. The normalized spacial score (nSPS) is 9.67. The molecule has 5 heteroatoms. The number of carboxylic acid groups (broad SMARTS) is 1. The van der Waals surface area contributed by atoms with Crippen LogP contribution in [0.2, 0.25) is 0 Å². The van der Waals surface area contributed by atoms with Crippen molar-refractivity contribution in [1.29, 1.82) is 0 Å². The third kappa shape index (κ3) is 2.98. The molecular formula is C10H11NO4. The minimum absolute atomic E-state index is 0.0198. The Morgan fingerprint density at radius 1 is 1.47 bits per heavy atom. The number of nitrogens with one attached hydrogen (secondary N) is 1. The van der Waals surface area contributed by atoms with E-state index < -0.39 is 11.9 Å². The molecule has 0 saturated carbocycles. The van der Waals surface area contributed by atoms with E-state index in [2.05, 4.69) is 11.9 Å². The molecule has 0 aromatic carbocycles. The summed E-state index contributed by atoms with van der Waals surface area (Å²) in [6.45, 7) is 5.72. The summed E-state index contributed by atoms with van der Waals surface area (Å²) in [4.78, 5) is 21.8. The number of hydrogen-bond donors (Lipinski definition) is 2. The zero-order chi connectivity index (χ0) is 11.4. The largest absolute Gasteiger partial charge is 0.475 e. The van der Waals surface area contributed by atoms with E-state index in [9.17, 15) is 9.59 Å². The standard InChI is InChI=1S/C10H11NO4/c1-6(2)5-11-9(12)7-3-4-8(15-7)10(13)14/h3-4H,1,5H2,2H3,(H,11,12)(H,13,14). The molecule has 0 fully saturated rings. The van der Waals surface area contributed by atoms with Gasteiger partial charge in [0.2, 0.25) is 5.76 Å². The Balaban J connectivity index is 2.66. The number of carbonyl (C=O) groups excluding carboxylic acids is 1. The van der Waals surface area contributed by atoms with Gasteiger partial charge in [0.25, 0.3) is 5.91 Å². The van der Waals surface area contributed by atoms with Crippen LogP contribution in [0.4, 0.5) is 0 Å². The second-order valence-corrected chi connectivity index (χ2v) is 3.11. The molecule has 0 bridgehead atoms. The maximum Gasteiger partial charge on any atom is 0.371 e. The molecule has 0 saturated heterocycles. The second kappa shape index (κ2) is 4.45. The Labute approximate surface area is 86.4 Å². The molecule has 0 unspecified atom stereocenters. The summed E-state index contributed by atoms with van der Waals surface area (Å²) in [5, 5.41) is 11.1. The second-order valence-electron chi connectivity index (χ2n) is 3.11. The highest BCUT2D eigenvalue weighted by molar-refractivity contribution is 5.93. The van der Waals surface area contributed by atoms with E-state index in [1.165, 1.54) is 12.1 Å². The minimum Gasteiger partial charge on any atom is -0.475 e. The lowest BCUT2D eigenvalue weighted by atomic mass is 10.3. The highest BCUT2D eigenvalue weighted by Gasteiger charge is 2.13. The average molecular weight is 209 g/mol. The summed E-state index contributed by atoms with van der Waals surface area (Å²) in [5.74, 6) is -1.93. The van der Waals surface area contributed by atoms with Crippen molar-refractivity contribution in [3.63, 3.8) is 0 Å². The van der Waals surface area contributed by atoms with Gasteiger partial charge >= 0.3 is 5.97 Å². The summed E-state index contributed by atoms with van der Waals surface area (Å²) in [5.41, 5.74) is 0.799. The summed E-state index contributed by atoms with van der Waals surface area (Å²) in [6.07, 6.45) is 0. The first kappa shape index (κ1) is 11.0. The Morgan fingerprint density at radius 2 is 2.07 bits per heavy atom. The van der Waals surface area contributed by atoms with Crippen LogP contribution in [0, 0.1) is 0 Å². The zero-order valence-corrected chi connectivity index (χ0v) is 8.24. The van der Waals surface area contributed by atoms with Crippen molar-refractivity contribution in [3.05, 3.63) is 35.8 Å². The number of rotatable bonds is 4. The lowest BCUT2D eigenvalue weighted by Crippen LogP contribution is -2.24. The van der Waals surface area contributed by atoms with Gasteiger partial charge in [-0.1, -0.05) is 12.2 Å². The molecule has 80 valence electrons. The summed E-state index contributed by atoms with van der Waals surface area (Å²) < 4.78 is 4.80. The number of furan rings is 1. The molecule has 1 heterocycles. The maximum atomic E-state index is 11.3. The lowest BCUT2D eigenvalue weighted by molar-refractivity contribution is 0.0659. The number of aromatic carboxylic acids is 1. The monoisotopic (exact) mass is 209 g/mol. The van der Waals surface area contributed by atoms with Gasteiger partial charge in [0.1, 0.15) is 0 Å². The van der Waals surface area contributed by atoms with Crippen LogP contribution in [-0.4, -0.2) is 23.5 Å². The minimum atomic E-state index is -1.20. The fraction of sp³-hybridized carbons (Fsp3) is 0.200. The Kier molecular flexibility index (Phi) is 3.28. The fourth-order valence-corrected chi connectivity index (χ4v) is 0.893. The molecule has 0 aliphatic rings. The van der Waals surface area contributed by atoms with Crippen molar-refractivity contribution in [3.8, 4) is 0 Å². The summed E-state index contributed by atoms with van der Waals surface area (Å²) >= 11 is 0. The van der Waals surface area contributed by atoms with Crippen LogP contribution >= 0.6 is 0 Å². The highest BCUT2D eigenvalue weighted by atomic mass is 16.4. The van der Waals surface area contributed by atoms with Crippen molar-refractivity contribution >= 4 is 11.9 Å². The van der Waals surface area contributed by atoms with Crippen molar-refractivity contribution < 1.29 is 19.1 Å². The van der Waals surface area contributed by atoms with Crippen LogP contribution in [0.3, 0.4) is 0 Å². The van der Waals surface area contributed by atoms with Gasteiger partial charge in [-0.25, -0.2) is 4.79 Å². The summed E-state index contributed by atoms with van der Waals surface area (Å²) in [7, 11) is 0. The molecule has 1 aromatic rings. The molecule has 1 amide bonds. The van der Waals surface area contributed by atoms with Crippen LogP contribution in [-0.2, 0) is 0 Å². The molecule has 5 nitrogen and oxygen atoms in total. The molecule has 0 atom stereocenters. The first-order valence-corrected chi connectivity index (χ1v) is 4.26. The van der Waals surface area contributed by atoms with Crippen LogP contribution in [0.25, 0.3) is 0 Å². The van der Waals surface area contributed by atoms with Gasteiger partial charge in [0, 0.05) is 6.54 Å². The predicted octanol–water partition coefficient (Wildman–Crippen LogP) is 1.28. The maximum absolute atomic E-state index is 11.3. The predicted molar refractivity (Wildman–Crippen MR) is 52.8 cm³/mol. The van der Waals surface area contributed by atoms with Crippen molar-refractivity contribution in [1.82, 2.24) is 5.32 Å². The quantitative estimate of drug-likeness (QED) is 0.732. The van der Waals surface area contributed by atoms with Crippen LogP contribution < -0.4 is 5.32 Å². The third-order valence-electron chi connectivity index (χ3n) is 1.59. The Morgan fingerprint density at radius 3 is 2.53 bits per heavy atom. The molecule has 2 N–H and O–H groups in total. The van der Waals surface area contributed by atoms with Gasteiger partial charge in [-0.05, 0) is 19.1 Å². The third-order valence-corrected chi connectivity index (χ3v) is 1.59. The highest BCUT2D eigenvalue weighted by Crippen LogP contribution is 2.07. The van der Waals surface area contributed by atoms with Gasteiger partial charge in [0.15, 0.2) is 5.76 Å².